The van der Waals surface area contributed by atoms with Crippen molar-refractivity contribution in [3.63, 3.8) is 0 Å². The molecule has 2 rings (SSSR count). The zero-order valence-electron chi connectivity index (χ0n) is 10.3. The summed E-state index contributed by atoms with van der Waals surface area (Å²) in [4.78, 5) is 0. The zero-order valence-corrected chi connectivity index (χ0v) is 10.3. The average Bonchev–Trinajstić information content (AvgIpc) is 2.96. The van der Waals surface area contributed by atoms with Crippen LogP contribution in [0.1, 0.15) is 37.1 Å². The van der Waals surface area contributed by atoms with Crippen LogP contribution < -0.4 is 0 Å². The summed E-state index contributed by atoms with van der Waals surface area (Å²) in [6.45, 7) is 4.85. The van der Waals surface area contributed by atoms with Crippen LogP contribution in [0.15, 0.2) is 28.9 Å². The fraction of sp³-hybridized carbons (Fsp3) is 0.462. The van der Waals surface area contributed by atoms with Gasteiger partial charge in [0.05, 0.1) is 17.7 Å². The molecule has 1 N–H and O–H groups in total. The highest BCUT2D eigenvalue weighted by molar-refractivity contribution is 5.15. The van der Waals surface area contributed by atoms with Gasteiger partial charge in [0.2, 0.25) is 0 Å². The third-order valence-electron chi connectivity index (χ3n) is 2.84. The Balaban J connectivity index is 2.17. The summed E-state index contributed by atoms with van der Waals surface area (Å²) in [6, 6.07) is 5.67. The first-order valence-electron chi connectivity index (χ1n) is 6.01. The minimum absolute atomic E-state index is 0.488. The first-order valence-corrected chi connectivity index (χ1v) is 6.01. The lowest BCUT2D eigenvalue weighted by Crippen LogP contribution is -2.09. The lowest BCUT2D eigenvalue weighted by atomic mass is 10.1. The SMILES string of the molecule is CCc1cc(C(O)Cc2ccco2)n(CC)n1. The predicted molar refractivity (Wildman–Crippen MR) is 64.7 cm³/mol. The molecule has 0 saturated carbocycles. The van der Waals surface area contributed by atoms with E-state index in [1.165, 1.54) is 0 Å². The second-order valence-electron chi connectivity index (χ2n) is 4.03. The van der Waals surface area contributed by atoms with Gasteiger partial charge in [-0.15, -0.1) is 0 Å². The maximum absolute atomic E-state index is 10.2. The van der Waals surface area contributed by atoms with E-state index in [2.05, 4.69) is 12.0 Å². The molecule has 2 aromatic rings. The number of furan rings is 1. The summed E-state index contributed by atoms with van der Waals surface area (Å²) in [5, 5.41) is 14.6. The van der Waals surface area contributed by atoms with E-state index in [1.807, 2.05) is 29.8 Å². The van der Waals surface area contributed by atoms with Crippen LogP contribution in [0.4, 0.5) is 0 Å². The van der Waals surface area contributed by atoms with Gasteiger partial charge in [-0.05, 0) is 31.5 Å². The summed E-state index contributed by atoms with van der Waals surface area (Å²) in [5.74, 6) is 0.791. The van der Waals surface area contributed by atoms with E-state index >= 15 is 0 Å². The van der Waals surface area contributed by atoms with Gasteiger partial charge < -0.3 is 9.52 Å². The van der Waals surface area contributed by atoms with E-state index in [1.54, 1.807) is 6.26 Å². The highest BCUT2D eigenvalue weighted by Crippen LogP contribution is 2.20. The van der Waals surface area contributed by atoms with Gasteiger partial charge in [0.15, 0.2) is 0 Å². The van der Waals surface area contributed by atoms with Crippen LogP contribution in [0.5, 0.6) is 0 Å². The van der Waals surface area contributed by atoms with E-state index in [-0.39, 0.29) is 0 Å². The van der Waals surface area contributed by atoms with Crippen LogP contribution >= 0.6 is 0 Å². The number of aliphatic hydroxyl groups excluding tert-OH is 1. The Morgan fingerprint density at radius 1 is 1.47 bits per heavy atom. The number of rotatable bonds is 5. The molecule has 4 heteroatoms. The van der Waals surface area contributed by atoms with Gasteiger partial charge >= 0.3 is 0 Å². The summed E-state index contributed by atoms with van der Waals surface area (Å²) in [7, 11) is 0. The normalized spacial score (nSPS) is 12.9. The molecular formula is C13H18N2O2. The van der Waals surface area contributed by atoms with Crippen molar-refractivity contribution < 1.29 is 9.52 Å². The molecule has 92 valence electrons. The quantitative estimate of drug-likeness (QED) is 0.863. The fourth-order valence-electron chi connectivity index (χ4n) is 1.90. The first-order chi connectivity index (χ1) is 8.24. The molecule has 17 heavy (non-hydrogen) atoms. The molecule has 2 heterocycles. The van der Waals surface area contributed by atoms with Crippen LogP contribution in [0.2, 0.25) is 0 Å². The Bertz CT molecular complexity index is 460. The Morgan fingerprint density at radius 2 is 2.29 bits per heavy atom. The van der Waals surface area contributed by atoms with Gasteiger partial charge in [0, 0.05) is 13.0 Å². The molecule has 0 saturated heterocycles. The molecule has 2 aromatic heterocycles. The van der Waals surface area contributed by atoms with Crippen LogP contribution in [0.25, 0.3) is 0 Å². The molecule has 1 atom stereocenters. The molecular weight excluding hydrogens is 216 g/mol. The van der Waals surface area contributed by atoms with Crippen molar-refractivity contribution in [2.75, 3.05) is 0 Å². The lowest BCUT2D eigenvalue weighted by molar-refractivity contribution is 0.159. The highest BCUT2D eigenvalue weighted by Gasteiger charge is 2.16. The molecule has 4 nitrogen and oxygen atoms in total. The van der Waals surface area contributed by atoms with E-state index < -0.39 is 6.10 Å². The summed E-state index contributed by atoms with van der Waals surface area (Å²) < 4.78 is 7.10. The standard InChI is InChI=1S/C13H18N2O2/c1-3-10-8-12(15(4-2)14-10)13(16)9-11-6-5-7-17-11/h5-8,13,16H,3-4,9H2,1-2H3. The molecule has 0 aliphatic rings. The maximum atomic E-state index is 10.2. The Kier molecular flexibility index (Phi) is 3.64. The molecule has 0 aromatic carbocycles. The Labute approximate surface area is 101 Å². The Morgan fingerprint density at radius 3 is 2.88 bits per heavy atom. The second-order valence-corrected chi connectivity index (χ2v) is 4.03. The molecule has 0 bridgehead atoms. The monoisotopic (exact) mass is 234 g/mol. The number of aliphatic hydroxyl groups is 1. The smallest absolute Gasteiger partial charge is 0.106 e. The summed E-state index contributed by atoms with van der Waals surface area (Å²) in [5.41, 5.74) is 1.88. The lowest BCUT2D eigenvalue weighted by Gasteiger charge is -2.10. The number of aryl methyl sites for hydroxylation is 2. The van der Waals surface area contributed by atoms with Gasteiger partial charge in [0.1, 0.15) is 11.9 Å². The highest BCUT2D eigenvalue weighted by atomic mass is 16.3. The van der Waals surface area contributed by atoms with Crippen LogP contribution in [0, 0.1) is 0 Å². The number of hydrogen-bond acceptors (Lipinski definition) is 3. The minimum Gasteiger partial charge on any atom is -0.469 e. The molecule has 0 aliphatic carbocycles. The molecule has 0 radical (unpaired) electrons. The van der Waals surface area contributed by atoms with Crippen molar-refractivity contribution in [3.05, 3.63) is 41.6 Å². The van der Waals surface area contributed by atoms with E-state index in [0.717, 1.165) is 30.1 Å². The summed E-state index contributed by atoms with van der Waals surface area (Å²) >= 11 is 0. The van der Waals surface area contributed by atoms with Gasteiger partial charge in [-0.25, -0.2) is 0 Å². The van der Waals surface area contributed by atoms with Gasteiger partial charge in [-0.3, -0.25) is 4.68 Å². The predicted octanol–water partition coefficient (Wildman–Crippen LogP) is 2.33. The van der Waals surface area contributed by atoms with Crippen molar-refractivity contribution >= 4 is 0 Å². The molecule has 0 spiro atoms. The van der Waals surface area contributed by atoms with Crippen molar-refractivity contribution in [2.24, 2.45) is 0 Å². The van der Waals surface area contributed by atoms with Gasteiger partial charge in [0.25, 0.3) is 0 Å². The molecule has 0 amide bonds. The van der Waals surface area contributed by atoms with Crippen LogP contribution in [-0.4, -0.2) is 14.9 Å². The minimum atomic E-state index is -0.561. The third kappa shape index (κ3) is 2.58. The molecule has 0 aliphatic heterocycles. The topological polar surface area (TPSA) is 51.2 Å². The van der Waals surface area contributed by atoms with E-state index in [0.29, 0.717) is 6.42 Å². The maximum Gasteiger partial charge on any atom is 0.106 e. The third-order valence-corrected chi connectivity index (χ3v) is 2.84. The number of aromatic nitrogens is 2. The second kappa shape index (κ2) is 5.19. The van der Waals surface area contributed by atoms with E-state index in [4.69, 9.17) is 4.42 Å². The van der Waals surface area contributed by atoms with Crippen LogP contribution in [0.3, 0.4) is 0 Å². The van der Waals surface area contributed by atoms with Gasteiger partial charge in [-0.1, -0.05) is 6.92 Å². The fourth-order valence-corrected chi connectivity index (χ4v) is 1.90. The van der Waals surface area contributed by atoms with Gasteiger partial charge in [-0.2, -0.15) is 5.10 Å². The van der Waals surface area contributed by atoms with E-state index in [9.17, 15) is 5.11 Å². The number of hydrogen-bond donors (Lipinski definition) is 1. The number of nitrogens with zero attached hydrogens (tertiary/aromatic N) is 2. The zero-order chi connectivity index (χ0) is 12.3. The first kappa shape index (κ1) is 11.9. The summed E-state index contributed by atoms with van der Waals surface area (Å²) in [6.07, 6.45) is 2.43. The molecule has 0 fully saturated rings. The molecule has 1 unspecified atom stereocenters. The largest absolute Gasteiger partial charge is 0.469 e. The van der Waals surface area contributed by atoms with Crippen molar-refractivity contribution in [1.29, 1.82) is 0 Å². The van der Waals surface area contributed by atoms with Crippen molar-refractivity contribution in [3.8, 4) is 0 Å². The Hall–Kier alpha value is -1.55. The van der Waals surface area contributed by atoms with Crippen molar-refractivity contribution in [1.82, 2.24) is 9.78 Å². The van der Waals surface area contributed by atoms with Crippen LogP contribution in [-0.2, 0) is 19.4 Å². The van der Waals surface area contributed by atoms with Crippen molar-refractivity contribution in [2.45, 2.75) is 39.3 Å². The average molecular weight is 234 g/mol.